The first-order valence-electron chi connectivity index (χ1n) is 12.9. The summed E-state index contributed by atoms with van der Waals surface area (Å²) in [7, 11) is 0. The van der Waals surface area contributed by atoms with Crippen molar-refractivity contribution >= 4 is 23.5 Å². The van der Waals surface area contributed by atoms with E-state index in [4.69, 9.17) is 5.11 Å². The molecule has 0 aromatic rings. The number of carboxylic acid groups (broad SMARTS) is 1. The average Bonchev–Trinajstić information content (AvgIpc) is 3.59. The molecule has 2 saturated carbocycles. The molecular weight excluding hydrogens is 436 g/mol. The fraction of sp³-hybridized carbons (Fsp3) is 0.778. The van der Waals surface area contributed by atoms with E-state index in [2.05, 4.69) is 19.1 Å². The maximum atomic E-state index is 12.8. The van der Waals surface area contributed by atoms with Gasteiger partial charge in [0.1, 0.15) is 5.78 Å². The van der Waals surface area contributed by atoms with Crippen LogP contribution in [0.15, 0.2) is 24.3 Å². The molecule has 6 heteroatoms. The molecule has 0 saturated heterocycles. The Morgan fingerprint density at radius 1 is 1.15 bits per heavy atom. The summed E-state index contributed by atoms with van der Waals surface area (Å²) in [6.45, 7) is 2.31. The highest BCUT2D eigenvalue weighted by Crippen LogP contribution is 2.45. The smallest absolute Gasteiger partial charge is 0.303 e. The first-order chi connectivity index (χ1) is 15.9. The van der Waals surface area contributed by atoms with E-state index in [1.165, 1.54) is 19.3 Å². The average molecular weight is 481 g/mol. The molecule has 2 rings (SSSR count). The van der Waals surface area contributed by atoms with Crippen molar-refractivity contribution in [2.75, 3.05) is 12.4 Å². The van der Waals surface area contributed by atoms with Gasteiger partial charge in [0.25, 0.3) is 0 Å². The quantitative estimate of drug-likeness (QED) is 0.176. The number of hydrogen-bond donors (Lipinski definition) is 3. The number of Topliss-reactive ketones (excluding diaryl/α,β-unsaturated/α-hetero) is 1. The zero-order chi connectivity index (χ0) is 24.1. The number of thioether (sulfide) groups is 1. The summed E-state index contributed by atoms with van der Waals surface area (Å²) in [5, 5.41) is 29.5. The van der Waals surface area contributed by atoms with Gasteiger partial charge in [0.2, 0.25) is 0 Å². The summed E-state index contributed by atoms with van der Waals surface area (Å²) in [4.78, 5) is 23.4. The lowest BCUT2D eigenvalue weighted by Crippen LogP contribution is -2.30. The third-order valence-corrected chi connectivity index (χ3v) is 8.41. The Morgan fingerprint density at radius 3 is 2.61 bits per heavy atom. The number of carbonyl (C=O) groups excluding carboxylic acids is 1. The number of aliphatic hydroxyl groups excluding tert-OH is 1. The van der Waals surface area contributed by atoms with E-state index in [0.717, 1.165) is 25.7 Å². The highest BCUT2D eigenvalue weighted by molar-refractivity contribution is 8.00. The van der Waals surface area contributed by atoms with Gasteiger partial charge >= 0.3 is 5.97 Å². The number of ketones is 1. The Kier molecular flexibility index (Phi) is 12.8. The second-order valence-electron chi connectivity index (χ2n) is 9.80. The standard InChI is InChI=1S/C27H44O5S/c1-2-3-4-9-16-27(32,21-14-15-21)17-10-12-23-22(11-7-5-6-8-13-26(30)31)24(29)20-25(23)33-19-18-28/h5,7,10,12,21-23,25,28,32H,2-4,6,8-9,11,13-20H2,1H3,(H,30,31)/t22-,23-,25-,27?/m1/s1. The molecule has 3 N–H and O–H groups in total. The van der Waals surface area contributed by atoms with Gasteiger partial charge in [0, 0.05) is 29.8 Å². The van der Waals surface area contributed by atoms with Crippen LogP contribution in [0.1, 0.15) is 90.4 Å². The van der Waals surface area contributed by atoms with Crippen LogP contribution in [-0.2, 0) is 9.59 Å². The maximum Gasteiger partial charge on any atom is 0.303 e. The molecule has 2 aliphatic rings. The fourth-order valence-corrected chi connectivity index (χ4v) is 6.19. The molecule has 4 atom stereocenters. The normalized spacial score (nSPS) is 25.3. The molecule has 33 heavy (non-hydrogen) atoms. The van der Waals surface area contributed by atoms with Gasteiger partial charge in [-0.15, -0.1) is 0 Å². The van der Waals surface area contributed by atoms with Crippen LogP contribution in [0.5, 0.6) is 0 Å². The molecule has 0 aromatic carbocycles. The van der Waals surface area contributed by atoms with Crippen LogP contribution in [0.2, 0.25) is 0 Å². The Morgan fingerprint density at radius 2 is 1.94 bits per heavy atom. The number of aliphatic hydroxyl groups is 2. The van der Waals surface area contributed by atoms with Gasteiger partial charge in [-0.25, -0.2) is 0 Å². The molecule has 2 fully saturated rings. The van der Waals surface area contributed by atoms with Crippen molar-refractivity contribution in [1.82, 2.24) is 0 Å². The van der Waals surface area contributed by atoms with Crippen molar-refractivity contribution in [2.45, 2.75) is 101 Å². The number of hydrogen-bond acceptors (Lipinski definition) is 5. The highest BCUT2D eigenvalue weighted by Gasteiger charge is 2.43. The minimum atomic E-state index is -0.778. The van der Waals surface area contributed by atoms with E-state index < -0.39 is 11.6 Å². The lowest BCUT2D eigenvalue weighted by Gasteiger charge is -2.28. The van der Waals surface area contributed by atoms with Gasteiger partial charge in [-0.05, 0) is 56.8 Å². The van der Waals surface area contributed by atoms with Gasteiger partial charge in [0.05, 0.1) is 12.2 Å². The summed E-state index contributed by atoms with van der Waals surface area (Å²) in [6.07, 6.45) is 19.4. The summed E-state index contributed by atoms with van der Waals surface area (Å²) < 4.78 is 0. The molecule has 0 radical (unpaired) electrons. The summed E-state index contributed by atoms with van der Waals surface area (Å²) in [5.41, 5.74) is -0.611. The van der Waals surface area contributed by atoms with Crippen LogP contribution >= 0.6 is 11.8 Å². The fourth-order valence-electron chi connectivity index (χ4n) is 4.99. The predicted molar refractivity (Wildman–Crippen MR) is 135 cm³/mol. The van der Waals surface area contributed by atoms with Crippen LogP contribution in [0.3, 0.4) is 0 Å². The number of carboxylic acids is 1. The van der Waals surface area contributed by atoms with E-state index in [0.29, 0.717) is 43.8 Å². The lowest BCUT2D eigenvalue weighted by atomic mass is 9.86. The Hall–Kier alpha value is -1.11. The molecule has 0 heterocycles. The second kappa shape index (κ2) is 15.0. The lowest BCUT2D eigenvalue weighted by molar-refractivity contribution is -0.137. The molecule has 0 spiro atoms. The number of aliphatic carboxylic acids is 1. The van der Waals surface area contributed by atoms with Crippen LogP contribution in [0.25, 0.3) is 0 Å². The maximum absolute atomic E-state index is 12.8. The van der Waals surface area contributed by atoms with Gasteiger partial charge in [-0.2, -0.15) is 11.8 Å². The van der Waals surface area contributed by atoms with Crippen LogP contribution < -0.4 is 0 Å². The zero-order valence-electron chi connectivity index (χ0n) is 20.3. The first-order valence-corrected chi connectivity index (χ1v) is 14.0. The van der Waals surface area contributed by atoms with Gasteiger partial charge in [-0.1, -0.05) is 56.9 Å². The number of rotatable bonds is 18. The van der Waals surface area contributed by atoms with E-state index in [9.17, 15) is 19.8 Å². The Balaban J connectivity index is 1.97. The van der Waals surface area contributed by atoms with Crippen molar-refractivity contribution < 1.29 is 24.9 Å². The topological polar surface area (TPSA) is 94.8 Å². The van der Waals surface area contributed by atoms with E-state index in [1.54, 1.807) is 11.8 Å². The van der Waals surface area contributed by atoms with E-state index in [1.807, 2.05) is 12.2 Å². The number of carbonyl (C=O) groups is 2. The molecule has 1 unspecified atom stereocenters. The first kappa shape index (κ1) is 28.1. The van der Waals surface area contributed by atoms with Crippen molar-refractivity contribution in [1.29, 1.82) is 0 Å². The molecule has 0 bridgehead atoms. The van der Waals surface area contributed by atoms with Crippen LogP contribution in [-0.4, -0.2) is 50.3 Å². The predicted octanol–water partition coefficient (Wildman–Crippen LogP) is 5.54. The summed E-state index contributed by atoms with van der Waals surface area (Å²) >= 11 is 1.67. The molecule has 2 aliphatic carbocycles. The van der Waals surface area contributed by atoms with Crippen molar-refractivity contribution in [3.63, 3.8) is 0 Å². The van der Waals surface area contributed by atoms with Crippen LogP contribution in [0, 0.1) is 17.8 Å². The van der Waals surface area contributed by atoms with Crippen LogP contribution in [0.4, 0.5) is 0 Å². The molecule has 188 valence electrons. The third-order valence-electron chi connectivity index (χ3n) is 7.08. The minimum absolute atomic E-state index is 0.0771. The number of allylic oxidation sites excluding steroid dienone is 3. The Labute approximate surface area is 204 Å². The zero-order valence-corrected chi connectivity index (χ0v) is 21.1. The van der Waals surface area contributed by atoms with Gasteiger partial charge in [-0.3, -0.25) is 9.59 Å². The SMILES string of the molecule is CCCCCCC(O)(CC=C[C@H]1[C@H](SCCO)CC(=O)[C@@H]1CC=CCCCC(=O)O)C1CC1. The molecular formula is C27H44O5S. The summed E-state index contributed by atoms with van der Waals surface area (Å²) in [5.74, 6) is 0.571. The van der Waals surface area contributed by atoms with Crippen molar-refractivity contribution in [3.05, 3.63) is 24.3 Å². The van der Waals surface area contributed by atoms with Crippen molar-refractivity contribution in [2.24, 2.45) is 17.8 Å². The number of unbranched alkanes of at least 4 members (excludes halogenated alkanes) is 4. The molecule has 0 aliphatic heterocycles. The van der Waals surface area contributed by atoms with E-state index in [-0.39, 0.29) is 35.9 Å². The molecule has 0 amide bonds. The van der Waals surface area contributed by atoms with Gasteiger partial charge in [0.15, 0.2) is 0 Å². The largest absolute Gasteiger partial charge is 0.481 e. The molecule has 5 nitrogen and oxygen atoms in total. The van der Waals surface area contributed by atoms with Gasteiger partial charge < -0.3 is 15.3 Å². The summed E-state index contributed by atoms with van der Waals surface area (Å²) in [6, 6.07) is 0. The van der Waals surface area contributed by atoms with Crippen molar-refractivity contribution in [3.8, 4) is 0 Å². The second-order valence-corrected chi connectivity index (χ2v) is 11.1. The minimum Gasteiger partial charge on any atom is -0.481 e. The molecule has 0 aromatic heterocycles. The highest BCUT2D eigenvalue weighted by atomic mass is 32.2. The third kappa shape index (κ3) is 9.96. The van der Waals surface area contributed by atoms with E-state index >= 15 is 0 Å². The Bertz CT molecular complexity index is 657. The monoisotopic (exact) mass is 480 g/mol.